The van der Waals surface area contributed by atoms with Gasteiger partial charge in [0, 0.05) is 49.7 Å². The third-order valence-corrected chi connectivity index (χ3v) is 12.7. The molecule has 1 aliphatic rings. The zero-order valence-corrected chi connectivity index (χ0v) is 34.7. The van der Waals surface area contributed by atoms with Gasteiger partial charge in [0.25, 0.3) is 0 Å². The van der Waals surface area contributed by atoms with E-state index in [0.29, 0.717) is 0 Å². The van der Waals surface area contributed by atoms with E-state index >= 15 is 0 Å². The number of allylic oxidation sites excluding steroid dienone is 3. The highest BCUT2D eigenvalue weighted by molar-refractivity contribution is 6.10. The first-order chi connectivity index (χ1) is 31.2. The van der Waals surface area contributed by atoms with Crippen LogP contribution in [0.4, 0.5) is 11.4 Å². The van der Waals surface area contributed by atoms with E-state index < -0.39 is 0 Å². The van der Waals surface area contributed by atoms with Gasteiger partial charge in [-0.25, -0.2) is 0 Å². The van der Waals surface area contributed by atoms with Crippen molar-refractivity contribution >= 4 is 60.7 Å². The fourth-order valence-corrected chi connectivity index (χ4v) is 9.69. The van der Waals surface area contributed by atoms with Crippen molar-refractivity contribution in [3.05, 3.63) is 242 Å². The molecule has 11 aromatic rings. The number of benzene rings is 9. The Balaban J connectivity index is 0.915. The highest BCUT2D eigenvalue weighted by atomic mass is 16.3. The average Bonchev–Trinajstić information content (AvgIpc) is 3.91. The van der Waals surface area contributed by atoms with Gasteiger partial charge in [-0.1, -0.05) is 176 Å². The molecule has 63 heavy (non-hydrogen) atoms. The summed E-state index contributed by atoms with van der Waals surface area (Å²) in [5, 5.41) is 4.81. The summed E-state index contributed by atoms with van der Waals surface area (Å²) in [7, 11) is 0. The van der Waals surface area contributed by atoms with Gasteiger partial charge in [0.15, 0.2) is 0 Å². The van der Waals surface area contributed by atoms with Crippen LogP contribution in [-0.2, 0) is 0 Å². The molecule has 2 aromatic heterocycles. The number of furan rings is 1. The lowest BCUT2D eigenvalue weighted by molar-refractivity contribution is 0.670. The van der Waals surface area contributed by atoms with Gasteiger partial charge < -0.3 is 13.9 Å². The second-order valence-electron chi connectivity index (χ2n) is 16.4. The van der Waals surface area contributed by atoms with Crippen LogP contribution >= 0.6 is 0 Å². The molecule has 0 atom stereocenters. The summed E-state index contributed by atoms with van der Waals surface area (Å²) >= 11 is 0. The number of fused-ring (bicyclic) bond motifs is 6. The standard InChI is InChI=1S/C60H42N2O/c1-2-15-41(16-3-1)45-17-12-19-48(39-45)61(47-37-35-44(36-38-47)51-25-14-26-55-54-24-7-11-30-59(54)63-60(51)55)49-20-13-18-46(40-49)42-31-33-43(34-32-42)50-21-4-8-27-56(50)62-57-28-9-5-22-52(57)53-23-6-10-29-58(53)62/h1-12,14-17,19-40H,13,18H2. The Morgan fingerprint density at radius 3 is 1.79 bits per heavy atom. The summed E-state index contributed by atoms with van der Waals surface area (Å²) in [6.45, 7) is 0. The van der Waals surface area contributed by atoms with Gasteiger partial charge >= 0.3 is 0 Å². The van der Waals surface area contributed by atoms with Crippen molar-refractivity contribution in [2.75, 3.05) is 4.90 Å². The Hall–Kier alpha value is -8.14. The smallest absolute Gasteiger partial charge is 0.143 e. The highest BCUT2D eigenvalue weighted by Crippen LogP contribution is 2.41. The molecular formula is C60H42N2O. The molecule has 0 fully saturated rings. The topological polar surface area (TPSA) is 21.3 Å². The van der Waals surface area contributed by atoms with Crippen molar-refractivity contribution < 1.29 is 4.42 Å². The molecule has 0 spiro atoms. The summed E-state index contributed by atoms with van der Waals surface area (Å²) in [4.78, 5) is 2.41. The number of hydrogen-bond donors (Lipinski definition) is 0. The van der Waals surface area contributed by atoms with E-state index in [1.807, 2.05) is 12.1 Å². The van der Waals surface area contributed by atoms with Crippen LogP contribution in [0, 0.1) is 0 Å². The fraction of sp³-hybridized carbons (Fsp3) is 0.0333. The molecule has 0 aliphatic heterocycles. The van der Waals surface area contributed by atoms with Crippen molar-refractivity contribution in [3.63, 3.8) is 0 Å². The summed E-state index contributed by atoms with van der Waals surface area (Å²) in [6.07, 6.45) is 6.69. The zero-order valence-electron chi connectivity index (χ0n) is 34.7. The Morgan fingerprint density at radius 1 is 0.413 bits per heavy atom. The van der Waals surface area contributed by atoms with Gasteiger partial charge in [0.05, 0.1) is 16.7 Å². The van der Waals surface area contributed by atoms with E-state index in [-0.39, 0.29) is 0 Å². The highest BCUT2D eigenvalue weighted by Gasteiger charge is 2.20. The molecule has 0 bridgehead atoms. The van der Waals surface area contributed by atoms with Crippen molar-refractivity contribution in [1.29, 1.82) is 0 Å². The molecule has 3 heteroatoms. The maximum Gasteiger partial charge on any atom is 0.143 e. The molecule has 0 saturated carbocycles. The zero-order chi connectivity index (χ0) is 41.7. The maximum atomic E-state index is 6.45. The average molecular weight is 807 g/mol. The van der Waals surface area contributed by atoms with Crippen LogP contribution < -0.4 is 4.90 Å². The number of anilines is 2. The van der Waals surface area contributed by atoms with Crippen LogP contribution in [0.25, 0.3) is 88.4 Å². The molecule has 12 rings (SSSR count). The minimum atomic E-state index is 0.909. The van der Waals surface area contributed by atoms with Crippen LogP contribution in [0.1, 0.15) is 18.4 Å². The molecule has 298 valence electrons. The van der Waals surface area contributed by atoms with Gasteiger partial charge in [-0.2, -0.15) is 0 Å². The van der Waals surface area contributed by atoms with E-state index in [4.69, 9.17) is 4.42 Å². The van der Waals surface area contributed by atoms with Gasteiger partial charge in [0.1, 0.15) is 11.2 Å². The van der Waals surface area contributed by atoms with Crippen LogP contribution in [0.2, 0.25) is 0 Å². The van der Waals surface area contributed by atoms with E-state index in [0.717, 1.165) is 63.0 Å². The summed E-state index contributed by atoms with van der Waals surface area (Å²) in [5.41, 5.74) is 18.4. The van der Waals surface area contributed by atoms with E-state index in [9.17, 15) is 0 Å². The minimum absolute atomic E-state index is 0.909. The molecule has 0 radical (unpaired) electrons. The summed E-state index contributed by atoms with van der Waals surface area (Å²) in [5.74, 6) is 0. The van der Waals surface area contributed by atoms with Gasteiger partial charge in [-0.15, -0.1) is 0 Å². The monoisotopic (exact) mass is 806 g/mol. The third kappa shape index (κ3) is 6.45. The summed E-state index contributed by atoms with van der Waals surface area (Å²) in [6, 6.07) is 78.7. The molecule has 0 amide bonds. The number of rotatable bonds is 8. The lowest BCUT2D eigenvalue weighted by Crippen LogP contribution is -2.17. The van der Waals surface area contributed by atoms with E-state index in [1.165, 1.54) is 60.9 Å². The van der Waals surface area contributed by atoms with Gasteiger partial charge in [-0.05, 0) is 101 Å². The van der Waals surface area contributed by atoms with Crippen LogP contribution in [-0.4, -0.2) is 4.57 Å². The molecule has 3 nitrogen and oxygen atoms in total. The molecule has 0 unspecified atom stereocenters. The second-order valence-corrected chi connectivity index (χ2v) is 16.4. The largest absolute Gasteiger partial charge is 0.455 e. The predicted molar refractivity (Wildman–Crippen MR) is 265 cm³/mol. The normalized spacial score (nSPS) is 12.8. The first kappa shape index (κ1) is 36.7. The Morgan fingerprint density at radius 2 is 1.00 bits per heavy atom. The molecule has 1 aliphatic carbocycles. The van der Waals surface area contributed by atoms with Crippen LogP contribution in [0.15, 0.2) is 241 Å². The maximum absolute atomic E-state index is 6.45. The van der Waals surface area contributed by atoms with Crippen molar-refractivity contribution in [2.24, 2.45) is 0 Å². The number of para-hydroxylation sites is 5. The molecule has 0 saturated heterocycles. The lowest BCUT2D eigenvalue weighted by atomic mass is 9.93. The van der Waals surface area contributed by atoms with Gasteiger partial charge in [-0.3, -0.25) is 0 Å². The Labute approximate surface area is 366 Å². The Kier molecular flexibility index (Phi) is 8.97. The quantitative estimate of drug-likeness (QED) is 0.153. The van der Waals surface area contributed by atoms with Gasteiger partial charge in [0.2, 0.25) is 0 Å². The van der Waals surface area contributed by atoms with Crippen LogP contribution in [0.5, 0.6) is 0 Å². The summed E-state index contributed by atoms with van der Waals surface area (Å²) < 4.78 is 8.87. The predicted octanol–water partition coefficient (Wildman–Crippen LogP) is 16.6. The van der Waals surface area contributed by atoms with Crippen molar-refractivity contribution in [3.8, 4) is 39.1 Å². The fourth-order valence-electron chi connectivity index (χ4n) is 9.69. The molecule has 0 N–H and O–H groups in total. The van der Waals surface area contributed by atoms with E-state index in [1.54, 1.807) is 0 Å². The first-order valence-electron chi connectivity index (χ1n) is 21.8. The van der Waals surface area contributed by atoms with Crippen LogP contribution in [0.3, 0.4) is 0 Å². The SMILES string of the molecule is C1=C(c2ccc(-c3ccccc3-n3c4ccccc4c4ccccc43)cc2)CCC=C1N(c1ccc(-c2cccc3c2oc2ccccc23)cc1)c1cccc(-c2ccccc2)c1. The number of hydrogen-bond acceptors (Lipinski definition) is 2. The second kappa shape index (κ2) is 15.4. The van der Waals surface area contributed by atoms with Crippen molar-refractivity contribution in [1.82, 2.24) is 4.57 Å². The molecule has 2 heterocycles. The molecule has 9 aromatic carbocycles. The minimum Gasteiger partial charge on any atom is -0.455 e. The third-order valence-electron chi connectivity index (χ3n) is 12.7. The van der Waals surface area contributed by atoms with Crippen molar-refractivity contribution in [2.45, 2.75) is 12.8 Å². The first-order valence-corrected chi connectivity index (χ1v) is 21.8. The lowest BCUT2D eigenvalue weighted by Gasteiger charge is -2.29. The van der Waals surface area contributed by atoms with E-state index in [2.05, 4.69) is 228 Å². The molecular weight excluding hydrogens is 765 g/mol. The number of nitrogens with zero attached hydrogens (tertiary/aromatic N) is 2. The number of aromatic nitrogens is 1. The Bertz CT molecular complexity index is 3500.